The highest BCUT2D eigenvalue weighted by molar-refractivity contribution is 9.10. The van der Waals surface area contributed by atoms with Crippen LogP contribution in [0.15, 0.2) is 16.6 Å². The van der Waals surface area contributed by atoms with Gasteiger partial charge in [0.15, 0.2) is 0 Å². The van der Waals surface area contributed by atoms with Crippen LogP contribution >= 0.6 is 15.9 Å². The van der Waals surface area contributed by atoms with Crippen LogP contribution in [0.3, 0.4) is 0 Å². The monoisotopic (exact) mass is 264 g/mol. The Bertz CT molecular complexity index is 379. The molecular weight excluding hydrogens is 258 g/mol. The van der Waals surface area contributed by atoms with Gasteiger partial charge in [-0.15, -0.1) is 8.78 Å². The Kier molecular flexibility index (Phi) is 2.23. The summed E-state index contributed by atoms with van der Waals surface area (Å²) >= 11 is 3.30. The van der Waals surface area contributed by atoms with Gasteiger partial charge in [0.25, 0.3) is 0 Å². The quantitative estimate of drug-likeness (QED) is 0.717. The Morgan fingerprint density at radius 3 is 2.86 bits per heavy atom. The fourth-order valence-electron chi connectivity index (χ4n) is 1.26. The van der Waals surface area contributed by atoms with Crippen molar-refractivity contribution in [2.45, 2.75) is 19.8 Å². The van der Waals surface area contributed by atoms with Crippen molar-refractivity contribution >= 4 is 15.9 Å². The van der Waals surface area contributed by atoms with E-state index >= 15 is 0 Å². The number of hydrogen-bond acceptors (Lipinski definition) is 2. The molecular formula is C9H7BrF2O2. The number of alkyl halides is 2. The Morgan fingerprint density at radius 1 is 1.43 bits per heavy atom. The van der Waals surface area contributed by atoms with Crippen LogP contribution in [0.5, 0.6) is 5.75 Å². The molecule has 0 fully saturated rings. The third kappa shape index (κ3) is 1.62. The lowest BCUT2D eigenvalue weighted by Crippen LogP contribution is -2.32. The number of aryl methyl sites for hydroxylation is 1. The Hall–Kier alpha value is -0.680. The lowest BCUT2D eigenvalue weighted by molar-refractivity contribution is -0.368. The number of hydrogen-bond donors (Lipinski definition) is 0. The predicted octanol–water partition coefficient (Wildman–Crippen LogP) is 3.22. The zero-order valence-corrected chi connectivity index (χ0v) is 8.90. The Morgan fingerprint density at radius 2 is 2.14 bits per heavy atom. The molecule has 14 heavy (non-hydrogen) atoms. The summed E-state index contributed by atoms with van der Waals surface area (Å²) in [6.07, 6.45) is -3.51. The van der Waals surface area contributed by atoms with Crippen LogP contribution in [-0.2, 0) is 11.3 Å². The first-order chi connectivity index (χ1) is 6.49. The van der Waals surface area contributed by atoms with E-state index in [1.54, 1.807) is 6.07 Å². The lowest BCUT2D eigenvalue weighted by atomic mass is 10.1. The van der Waals surface area contributed by atoms with E-state index in [1.165, 1.54) is 6.07 Å². The molecule has 0 aliphatic carbocycles. The smallest absolute Gasteiger partial charge is 0.409 e. The van der Waals surface area contributed by atoms with E-state index in [1.807, 2.05) is 6.92 Å². The normalized spacial score (nSPS) is 18.6. The number of fused-ring (bicyclic) bond motifs is 1. The standard InChI is InChI=1S/C9H7BrF2O2/c1-5-2-3-7-6(8(5)10)4-13-9(11,12)14-7/h2-3H,4H2,1H3. The first-order valence-electron chi connectivity index (χ1n) is 3.98. The zero-order chi connectivity index (χ0) is 10.3. The van der Waals surface area contributed by atoms with Crippen molar-refractivity contribution in [1.29, 1.82) is 0 Å². The van der Waals surface area contributed by atoms with Crippen molar-refractivity contribution < 1.29 is 18.3 Å². The van der Waals surface area contributed by atoms with Crippen molar-refractivity contribution in [3.8, 4) is 5.75 Å². The molecule has 0 amide bonds. The second-order valence-corrected chi connectivity index (χ2v) is 3.82. The molecule has 0 unspecified atom stereocenters. The van der Waals surface area contributed by atoms with Crippen LogP contribution in [0, 0.1) is 6.92 Å². The summed E-state index contributed by atoms with van der Waals surface area (Å²) in [6, 6.07) is 3.23. The van der Waals surface area contributed by atoms with Gasteiger partial charge in [-0.25, -0.2) is 0 Å². The fourth-order valence-corrected chi connectivity index (χ4v) is 1.71. The van der Waals surface area contributed by atoms with Gasteiger partial charge in [0.1, 0.15) is 5.75 Å². The summed E-state index contributed by atoms with van der Waals surface area (Å²) in [5.74, 6) is 0.165. The first-order valence-corrected chi connectivity index (χ1v) is 4.78. The van der Waals surface area contributed by atoms with Crippen molar-refractivity contribution in [3.63, 3.8) is 0 Å². The molecule has 1 aliphatic rings. The highest BCUT2D eigenvalue weighted by Gasteiger charge is 2.39. The van der Waals surface area contributed by atoms with E-state index in [-0.39, 0.29) is 12.4 Å². The fraction of sp³-hybridized carbons (Fsp3) is 0.333. The van der Waals surface area contributed by atoms with Gasteiger partial charge in [-0.3, -0.25) is 4.74 Å². The molecule has 0 saturated carbocycles. The molecule has 2 rings (SSSR count). The van der Waals surface area contributed by atoms with Crippen LogP contribution in [0.4, 0.5) is 8.78 Å². The van der Waals surface area contributed by atoms with Crippen LogP contribution < -0.4 is 4.74 Å². The molecule has 5 heteroatoms. The molecule has 0 atom stereocenters. The maximum atomic E-state index is 12.7. The summed E-state index contributed by atoms with van der Waals surface area (Å²) in [4.78, 5) is 0. The van der Waals surface area contributed by atoms with Crippen LogP contribution in [0.1, 0.15) is 11.1 Å². The number of rotatable bonds is 0. The van der Waals surface area contributed by atoms with E-state index in [4.69, 9.17) is 0 Å². The Labute approximate surface area is 87.9 Å². The van der Waals surface area contributed by atoms with Gasteiger partial charge in [-0.1, -0.05) is 22.0 Å². The minimum atomic E-state index is -3.51. The largest absolute Gasteiger partial charge is 0.535 e. The van der Waals surface area contributed by atoms with Crippen LogP contribution in [0.25, 0.3) is 0 Å². The summed E-state index contributed by atoms with van der Waals surface area (Å²) in [5, 5.41) is 0. The van der Waals surface area contributed by atoms with Gasteiger partial charge < -0.3 is 4.74 Å². The topological polar surface area (TPSA) is 18.5 Å². The second-order valence-electron chi connectivity index (χ2n) is 3.03. The molecule has 0 radical (unpaired) electrons. The van der Waals surface area contributed by atoms with Gasteiger partial charge in [0.2, 0.25) is 0 Å². The highest BCUT2D eigenvalue weighted by Crippen LogP contribution is 2.38. The minimum absolute atomic E-state index is 0.148. The van der Waals surface area contributed by atoms with Crippen molar-refractivity contribution in [2.75, 3.05) is 0 Å². The number of ether oxygens (including phenoxy) is 2. The van der Waals surface area contributed by atoms with E-state index in [0.717, 1.165) is 10.0 Å². The van der Waals surface area contributed by atoms with Crippen LogP contribution in [-0.4, -0.2) is 6.29 Å². The predicted molar refractivity (Wildman–Crippen MR) is 49.2 cm³/mol. The highest BCUT2D eigenvalue weighted by atomic mass is 79.9. The average molecular weight is 265 g/mol. The summed E-state index contributed by atoms with van der Waals surface area (Å²) < 4.78 is 34.7. The zero-order valence-electron chi connectivity index (χ0n) is 7.31. The molecule has 1 aliphatic heterocycles. The summed E-state index contributed by atoms with van der Waals surface area (Å²) in [5.41, 5.74) is 1.58. The van der Waals surface area contributed by atoms with E-state index in [0.29, 0.717) is 5.56 Å². The third-order valence-electron chi connectivity index (χ3n) is 2.01. The SMILES string of the molecule is Cc1ccc2c(c1Br)COC(F)(F)O2. The van der Waals surface area contributed by atoms with Gasteiger partial charge in [-0.05, 0) is 18.6 Å². The molecule has 0 spiro atoms. The van der Waals surface area contributed by atoms with Gasteiger partial charge >= 0.3 is 6.29 Å². The van der Waals surface area contributed by atoms with Gasteiger partial charge in [0.05, 0.1) is 6.61 Å². The summed E-state index contributed by atoms with van der Waals surface area (Å²) in [7, 11) is 0. The van der Waals surface area contributed by atoms with E-state index in [2.05, 4.69) is 25.4 Å². The average Bonchev–Trinajstić information content (AvgIpc) is 2.10. The molecule has 1 aromatic rings. The molecule has 0 saturated heterocycles. The minimum Gasteiger partial charge on any atom is -0.409 e. The molecule has 1 heterocycles. The maximum Gasteiger partial charge on any atom is 0.535 e. The van der Waals surface area contributed by atoms with Crippen LogP contribution in [0.2, 0.25) is 0 Å². The summed E-state index contributed by atoms with van der Waals surface area (Å²) in [6.45, 7) is 1.72. The third-order valence-corrected chi connectivity index (χ3v) is 3.11. The van der Waals surface area contributed by atoms with Crippen molar-refractivity contribution in [1.82, 2.24) is 0 Å². The molecule has 76 valence electrons. The molecule has 0 bridgehead atoms. The van der Waals surface area contributed by atoms with Gasteiger partial charge in [-0.2, -0.15) is 0 Å². The van der Waals surface area contributed by atoms with E-state index in [9.17, 15) is 8.78 Å². The molecule has 0 aromatic heterocycles. The second kappa shape index (κ2) is 3.17. The first kappa shape index (κ1) is 9.86. The lowest BCUT2D eigenvalue weighted by Gasteiger charge is -2.25. The molecule has 0 N–H and O–H groups in total. The van der Waals surface area contributed by atoms with Crippen molar-refractivity contribution in [3.05, 3.63) is 27.7 Å². The molecule has 1 aromatic carbocycles. The molecule has 2 nitrogen and oxygen atoms in total. The number of benzene rings is 1. The van der Waals surface area contributed by atoms with E-state index < -0.39 is 6.29 Å². The van der Waals surface area contributed by atoms with Gasteiger partial charge in [0, 0.05) is 10.0 Å². The Balaban J connectivity index is 2.46. The van der Waals surface area contributed by atoms with Crippen molar-refractivity contribution in [2.24, 2.45) is 0 Å². The number of halogens is 3. The maximum absolute atomic E-state index is 12.7.